The average molecular weight is 297 g/mol. The van der Waals surface area contributed by atoms with Gasteiger partial charge in [-0.25, -0.2) is 4.98 Å². The summed E-state index contributed by atoms with van der Waals surface area (Å²) in [6, 6.07) is 0. The molecule has 2 rings (SSSR count). The van der Waals surface area contributed by atoms with Gasteiger partial charge in [0.2, 0.25) is 0 Å². The lowest BCUT2D eigenvalue weighted by Gasteiger charge is -2.31. The topological polar surface area (TPSA) is 37.4 Å². The first kappa shape index (κ1) is 15.7. The van der Waals surface area contributed by atoms with Crippen LogP contribution >= 0.6 is 11.3 Å². The Bertz CT molecular complexity index is 405. The van der Waals surface area contributed by atoms with Gasteiger partial charge in [-0.2, -0.15) is 0 Å². The Balaban J connectivity index is 1.84. The Hall–Kier alpha value is -0.650. The Morgan fingerprint density at radius 2 is 2.10 bits per heavy atom. The third-order valence-electron chi connectivity index (χ3n) is 3.62. The molecule has 1 aromatic heterocycles. The van der Waals surface area contributed by atoms with Crippen LogP contribution in [0, 0.1) is 5.92 Å². The number of aromatic nitrogens is 1. The lowest BCUT2D eigenvalue weighted by molar-refractivity contribution is 0.139. The van der Waals surface area contributed by atoms with Crippen LogP contribution in [0.5, 0.6) is 0 Å². The predicted molar refractivity (Wildman–Crippen MR) is 85.5 cm³/mol. The summed E-state index contributed by atoms with van der Waals surface area (Å²) in [7, 11) is 1.79. The summed E-state index contributed by atoms with van der Waals surface area (Å²) >= 11 is 1.82. The number of hydrogen-bond acceptors (Lipinski definition) is 5. The van der Waals surface area contributed by atoms with Gasteiger partial charge in [0.25, 0.3) is 0 Å². The molecule has 0 radical (unpaired) electrons. The van der Waals surface area contributed by atoms with E-state index in [1.807, 2.05) is 17.5 Å². The number of thiazole rings is 1. The first-order valence-corrected chi connectivity index (χ1v) is 8.23. The molecule has 1 fully saturated rings. The summed E-state index contributed by atoms with van der Waals surface area (Å²) < 4.78 is 5.25. The highest BCUT2D eigenvalue weighted by Crippen LogP contribution is 2.27. The highest BCUT2D eigenvalue weighted by Gasteiger charge is 2.21. The minimum absolute atomic E-state index is 0.155. The van der Waals surface area contributed by atoms with Crippen molar-refractivity contribution in [2.75, 3.05) is 31.7 Å². The molecule has 0 bridgehead atoms. The first-order chi connectivity index (χ1) is 9.48. The van der Waals surface area contributed by atoms with E-state index in [1.54, 1.807) is 7.11 Å². The summed E-state index contributed by atoms with van der Waals surface area (Å²) in [6.45, 7) is 10.6. The van der Waals surface area contributed by atoms with Gasteiger partial charge >= 0.3 is 0 Å². The summed E-state index contributed by atoms with van der Waals surface area (Å²) in [5.74, 6) is 0.721. The lowest BCUT2D eigenvalue weighted by atomic mass is 9.98. The number of piperidine rings is 1. The highest BCUT2D eigenvalue weighted by atomic mass is 32.1. The molecule has 114 valence electrons. The molecule has 1 N–H and O–H groups in total. The number of rotatable bonds is 5. The van der Waals surface area contributed by atoms with E-state index in [0.717, 1.165) is 32.2 Å². The summed E-state index contributed by atoms with van der Waals surface area (Å²) in [6.07, 6.45) is 4.44. The number of ether oxygens (including phenoxy) is 1. The second-order valence-electron chi connectivity index (χ2n) is 6.60. The predicted octanol–water partition coefficient (Wildman–Crippen LogP) is 2.89. The maximum absolute atomic E-state index is 5.25. The minimum Gasteiger partial charge on any atom is -0.384 e. The molecular weight excluding hydrogens is 270 g/mol. The highest BCUT2D eigenvalue weighted by molar-refractivity contribution is 7.15. The smallest absolute Gasteiger partial charge is 0.185 e. The van der Waals surface area contributed by atoms with Crippen molar-refractivity contribution in [2.45, 2.75) is 45.7 Å². The molecule has 0 amide bonds. The summed E-state index contributed by atoms with van der Waals surface area (Å²) in [5.41, 5.74) is 0.155. The van der Waals surface area contributed by atoms with Crippen molar-refractivity contribution in [3.8, 4) is 0 Å². The molecule has 0 spiro atoms. The van der Waals surface area contributed by atoms with E-state index in [9.17, 15) is 0 Å². The number of nitrogens with zero attached hydrogens (tertiary/aromatic N) is 2. The molecule has 1 aliphatic heterocycles. The van der Waals surface area contributed by atoms with Gasteiger partial charge in [0, 0.05) is 50.0 Å². The van der Waals surface area contributed by atoms with Crippen LogP contribution in [0.3, 0.4) is 0 Å². The fraction of sp³-hybridized carbons (Fsp3) is 0.800. The van der Waals surface area contributed by atoms with E-state index < -0.39 is 0 Å². The first-order valence-electron chi connectivity index (χ1n) is 7.41. The molecule has 1 saturated heterocycles. The number of methoxy groups -OCH3 is 1. The Kier molecular flexibility index (Phi) is 5.41. The zero-order valence-corrected chi connectivity index (χ0v) is 13.9. The zero-order chi connectivity index (χ0) is 14.6. The van der Waals surface area contributed by atoms with Gasteiger partial charge in [-0.15, -0.1) is 11.3 Å². The van der Waals surface area contributed by atoms with Gasteiger partial charge in [-0.1, -0.05) is 0 Å². The monoisotopic (exact) mass is 297 g/mol. The minimum atomic E-state index is 0.155. The van der Waals surface area contributed by atoms with Crippen LogP contribution in [0.4, 0.5) is 5.13 Å². The van der Waals surface area contributed by atoms with E-state index in [4.69, 9.17) is 4.74 Å². The average Bonchev–Trinajstić information content (AvgIpc) is 2.86. The van der Waals surface area contributed by atoms with Crippen molar-refractivity contribution in [1.82, 2.24) is 10.3 Å². The molecule has 4 nitrogen and oxygen atoms in total. The summed E-state index contributed by atoms with van der Waals surface area (Å²) in [5, 5.41) is 4.69. The van der Waals surface area contributed by atoms with Crippen LogP contribution in [0.2, 0.25) is 0 Å². The zero-order valence-electron chi connectivity index (χ0n) is 13.1. The molecule has 20 heavy (non-hydrogen) atoms. The molecule has 5 heteroatoms. The molecule has 0 saturated carbocycles. The van der Waals surface area contributed by atoms with Crippen molar-refractivity contribution in [2.24, 2.45) is 5.92 Å². The Labute approximate surface area is 126 Å². The molecule has 2 heterocycles. The van der Waals surface area contributed by atoms with E-state index in [1.165, 1.54) is 22.9 Å². The quantitative estimate of drug-likeness (QED) is 0.907. The van der Waals surface area contributed by atoms with Crippen LogP contribution in [0.1, 0.15) is 38.5 Å². The van der Waals surface area contributed by atoms with Crippen LogP contribution in [-0.2, 0) is 11.3 Å². The van der Waals surface area contributed by atoms with Crippen molar-refractivity contribution < 1.29 is 4.74 Å². The standard InChI is InChI=1S/C15H27N3OS/c1-15(2,3)17-10-13-9-16-14(20-13)18-7-5-12(6-8-18)11-19-4/h9,12,17H,5-8,10-11H2,1-4H3. The third-order valence-corrected chi connectivity index (χ3v) is 4.68. The Morgan fingerprint density at radius 1 is 1.40 bits per heavy atom. The van der Waals surface area contributed by atoms with Crippen molar-refractivity contribution in [1.29, 1.82) is 0 Å². The SMILES string of the molecule is COCC1CCN(c2ncc(CNC(C)(C)C)s2)CC1. The maximum atomic E-state index is 5.25. The summed E-state index contributed by atoms with van der Waals surface area (Å²) in [4.78, 5) is 8.31. The van der Waals surface area contributed by atoms with Crippen LogP contribution in [0.15, 0.2) is 6.20 Å². The van der Waals surface area contributed by atoms with Gasteiger partial charge in [0.1, 0.15) is 0 Å². The van der Waals surface area contributed by atoms with Gasteiger partial charge in [-0.05, 0) is 39.5 Å². The second kappa shape index (κ2) is 6.87. The van der Waals surface area contributed by atoms with E-state index in [0.29, 0.717) is 0 Å². The molecule has 1 aromatic rings. The van der Waals surface area contributed by atoms with Crippen molar-refractivity contribution in [3.05, 3.63) is 11.1 Å². The molecule has 0 atom stereocenters. The van der Waals surface area contributed by atoms with Gasteiger partial charge in [0.15, 0.2) is 5.13 Å². The maximum Gasteiger partial charge on any atom is 0.185 e. The normalized spacial score (nSPS) is 17.7. The molecule has 0 unspecified atom stereocenters. The number of nitrogens with one attached hydrogen (secondary N) is 1. The fourth-order valence-corrected chi connectivity index (χ4v) is 3.31. The van der Waals surface area contributed by atoms with Gasteiger partial charge in [0.05, 0.1) is 0 Å². The molecule has 1 aliphatic rings. The lowest BCUT2D eigenvalue weighted by Crippen LogP contribution is -2.35. The second-order valence-corrected chi connectivity index (χ2v) is 7.69. The van der Waals surface area contributed by atoms with Crippen LogP contribution < -0.4 is 10.2 Å². The van der Waals surface area contributed by atoms with E-state index in [-0.39, 0.29) is 5.54 Å². The fourth-order valence-electron chi connectivity index (χ4n) is 2.40. The van der Waals surface area contributed by atoms with Gasteiger partial charge < -0.3 is 15.0 Å². The van der Waals surface area contributed by atoms with Gasteiger partial charge in [-0.3, -0.25) is 0 Å². The third kappa shape index (κ3) is 4.72. The van der Waals surface area contributed by atoms with Crippen molar-refractivity contribution >= 4 is 16.5 Å². The van der Waals surface area contributed by atoms with Crippen LogP contribution in [0.25, 0.3) is 0 Å². The molecular formula is C15H27N3OS. The van der Waals surface area contributed by atoms with Crippen LogP contribution in [-0.4, -0.2) is 37.3 Å². The molecule has 0 aromatic carbocycles. The Morgan fingerprint density at radius 3 is 2.70 bits per heavy atom. The number of anilines is 1. The van der Waals surface area contributed by atoms with E-state index >= 15 is 0 Å². The molecule has 0 aliphatic carbocycles. The van der Waals surface area contributed by atoms with E-state index in [2.05, 4.69) is 36.0 Å². The van der Waals surface area contributed by atoms with Crippen molar-refractivity contribution in [3.63, 3.8) is 0 Å². The number of hydrogen-bond donors (Lipinski definition) is 1. The largest absolute Gasteiger partial charge is 0.384 e.